The van der Waals surface area contributed by atoms with Gasteiger partial charge in [-0.1, -0.05) is 18.2 Å². The standard InChI is InChI=1S/C12H16N2OS/c1-3-8-16-11-7-5-4-6-10(11)14-12(15)9(2)13/h3-7,9H,1,8,13H2,2H3,(H,14,15)/t9-/m1/s1. The van der Waals surface area contributed by atoms with Crippen LogP contribution in [0.2, 0.25) is 0 Å². The van der Waals surface area contributed by atoms with Gasteiger partial charge in [0.05, 0.1) is 11.7 Å². The highest BCUT2D eigenvalue weighted by atomic mass is 32.2. The van der Waals surface area contributed by atoms with Gasteiger partial charge in [0, 0.05) is 10.6 Å². The summed E-state index contributed by atoms with van der Waals surface area (Å²) in [6, 6.07) is 7.15. The zero-order valence-corrected chi connectivity index (χ0v) is 10.1. The molecule has 0 heterocycles. The van der Waals surface area contributed by atoms with Gasteiger partial charge in [0.2, 0.25) is 5.91 Å². The van der Waals surface area contributed by atoms with Gasteiger partial charge in [-0.05, 0) is 19.1 Å². The average molecular weight is 236 g/mol. The van der Waals surface area contributed by atoms with Crippen molar-refractivity contribution in [3.63, 3.8) is 0 Å². The Morgan fingerprint density at radius 3 is 2.94 bits per heavy atom. The summed E-state index contributed by atoms with van der Waals surface area (Å²) < 4.78 is 0. The topological polar surface area (TPSA) is 55.1 Å². The van der Waals surface area contributed by atoms with Gasteiger partial charge >= 0.3 is 0 Å². The number of nitrogens with two attached hydrogens (primary N) is 1. The molecule has 0 unspecified atom stereocenters. The maximum Gasteiger partial charge on any atom is 0.241 e. The number of benzene rings is 1. The molecule has 0 aliphatic carbocycles. The summed E-state index contributed by atoms with van der Waals surface area (Å²) in [5, 5.41) is 2.80. The Kier molecular flexibility index (Phi) is 5.08. The average Bonchev–Trinajstić information content (AvgIpc) is 2.27. The Morgan fingerprint density at radius 1 is 1.62 bits per heavy atom. The summed E-state index contributed by atoms with van der Waals surface area (Å²) in [5.41, 5.74) is 6.30. The SMILES string of the molecule is C=CCSc1ccccc1NC(=O)[C@@H](C)N. The van der Waals surface area contributed by atoms with Crippen LogP contribution in [-0.4, -0.2) is 17.7 Å². The first-order valence-corrected chi connectivity index (χ1v) is 6.03. The summed E-state index contributed by atoms with van der Waals surface area (Å²) >= 11 is 1.63. The molecule has 0 bridgehead atoms. The summed E-state index contributed by atoms with van der Waals surface area (Å²) in [5.74, 6) is 0.636. The summed E-state index contributed by atoms with van der Waals surface area (Å²) in [7, 11) is 0. The number of nitrogens with one attached hydrogen (secondary N) is 1. The van der Waals surface area contributed by atoms with E-state index in [0.717, 1.165) is 16.3 Å². The van der Waals surface area contributed by atoms with Gasteiger partial charge in [-0.3, -0.25) is 4.79 Å². The first-order chi connectivity index (χ1) is 7.65. The molecule has 4 heteroatoms. The Bertz CT molecular complexity index is 377. The molecule has 0 saturated carbocycles. The van der Waals surface area contributed by atoms with E-state index < -0.39 is 6.04 Å². The summed E-state index contributed by atoms with van der Waals surface area (Å²) in [6.45, 7) is 5.33. The van der Waals surface area contributed by atoms with E-state index in [0.29, 0.717) is 0 Å². The minimum absolute atomic E-state index is 0.174. The van der Waals surface area contributed by atoms with Gasteiger partial charge in [0.25, 0.3) is 0 Å². The molecule has 1 rings (SSSR count). The van der Waals surface area contributed by atoms with Crippen LogP contribution in [0.1, 0.15) is 6.92 Å². The summed E-state index contributed by atoms with van der Waals surface area (Å²) in [4.78, 5) is 12.5. The van der Waals surface area contributed by atoms with Crippen LogP contribution < -0.4 is 11.1 Å². The fraction of sp³-hybridized carbons (Fsp3) is 0.250. The molecule has 0 aromatic heterocycles. The smallest absolute Gasteiger partial charge is 0.241 e. The van der Waals surface area contributed by atoms with E-state index in [-0.39, 0.29) is 5.91 Å². The molecule has 0 saturated heterocycles. The molecular weight excluding hydrogens is 220 g/mol. The molecule has 0 spiro atoms. The second kappa shape index (κ2) is 6.35. The van der Waals surface area contributed by atoms with Crippen molar-refractivity contribution in [3.8, 4) is 0 Å². The Hall–Kier alpha value is -1.26. The first kappa shape index (κ1) is 12.8. The predicted molar refractivity (Wildman–Crippen MR) is 69.6 cm³/mol. The molecule has 3 N–H and O–H groups in total. The third-order valence-electron chi connectivity index (χ3n) is 1.92. The Morgan fingerprint density at radius 2 is 2.31 bits per heavy atom. The van der Waals surface area contributed by atoms with Crippen molar-refractivity contribution >= 4 is 23.4 Å². The van der Waals surface area contributed by atoms with Crippen LogP contribution in [0.3, 0.4) is 0 Å². The quantitative estimate of drug-likeness (QED) is 0.609. The second-order valence-corrected chi connectivity index (χ2v) is 4.44. The first-order valence-electron chi connectivity index (χ1n) is 5.04. The molecule has 1 aromatic rings. The van der Waals surface area contributed by atoms with Gasteiger partial charge in [-0.15, -0.1) is 18.3 Å². The number of carbonyl (C=O) groups excluding carboxylic acids is 1. The number of thioether (sulfide) groups is 1. The highest BCUT2D eigenvalue weighted by Crippen LogP contribution is 2.26. The fourth-order valence-electron chi connectivity index (χ4n) is 1.09. The fourth-order valence-corrected chi connectivity index (χ4v) is 1.84. The lowest BCUT2D eigenvalue weighted by atomic mass is 10.3. The van der Waals surface area contributed by atoms with Crippen LogP contribution in [-0.2, 0) is 4.79 Å². The van der Waals surface area contributed by atoms with E-state index in [4.69, 9.17) is 5.73 Å². The highest BCUT2D eigenvalue weighted by molar-refractivity contribution is 7.99. The number of anilines is 1. The Balaban J connectivity index is 2.78. The molecule has 0 radical (unpaired) electrons. The van der Waals surface area contributed by atoms with Crippen LogP contribution in [0.25, 0.3) is 0 Å². The van der Waals surface area contributed by atoms with Crippen LogP contribution >= 0.6 is 11.8 Å². The maximum absolute atomic E-state index is 11.5. The van der Waals surface area contributed by atoms with Crippen molar-refractivity contribution in [2.24, 2.45) is 5.73 Å². The number of hydrogen-bond acceptors (Lipinski definition) is 3. The van der Waals surface area contributed by atoms with E-state index in [1.807, 2.05) is 30.3 Å². The van der Waals surface area contributed by atoms with Crippen molar-refractivity contribution in [2.45, 2.75) is 17.9 Å². The molecule has 1 atom stereocenters. The Labute approximate surface area is 100 Å². The van der Waals surface area contributed by atoms with E-state index in [1.165, 1.54) is 0 Å². The number of rotatable bonds is 5. The van der Waals surface area contributed by atoms with Crippen LogP contribution in [0.4, 0.5) is 5.69 Å². The van der Waals surface area contributed by atoms with Crippen LogP contribution in [0.5, 0.6) is 0 Å². The van der Waals surface area contributed by atoms with Gasteiger partial charge < -0.3 is 11.1 Å². The largest absolute Gasteiger partial charge is 0.324 e. The minimum atomic E-state index is -0.502. The molecule has 86 valence electrons. The molecule has 0 fully saturated rings. The zero-order chi connectivity index (χ0) is 12.0. The lowest BCUT2D eigenvalue weighted by Crippen LogP contribution is -2.32. The molecule has 1 aromatic carbocycles. The molecule has 0 aliphatic rings. The third kappa shape index (κ3) is 3.72. The second-order valence-electron chi connectivity index (χ2n) is 3.37. The lowest BCUT2D eigenvalue weighted by Gasteiger charge is -2.11. The molecular formula is C12H16N2OS. The third-order valence-corrected chi connectivity index (χ3v) is 2.98. The van der Waals surface area contributed by atoms with Crippen molar-refractivity contribution in [1.82, 2.24) is 0 Å². The van der Waals surface area contributed by atoms with Gasteiger partial charge in [0.1, 0.15) is 0 Å². The van der Waals surface area contributed by atoms with Crippen molar-refractivity contribution in [3.05, 3.63) is 36.9 Å². The minimum Gasteiger partial charge on any atom is -0.324 e. The maximum atomic E-state index is 11.5. The van der Waals surface area contributed by atoms with E-state index in [1.54, 1.807) is 18.7 Å². The number of hydrogen-bond donors (Lipinski definition) is 2. The van der Waals surface area contributed by atoms with Crippen LogP contribution in [0.15, 0.2) is 41.8 Å². The van der Waals surface area contributed by atoms with Crippen LogP contribution in [0, 0.1) is 0 Å². The van der Waals surface area contributed by atoms with Crippen molar-refractivity contribution < 1.29 is 4.79 Å². The lowest BCUT2D eigenvalue weighted by molar-refractivity contribution is -0.117. The molecule has 1 amide bonds. The number of carbonyl (C=O) groups is 1. The van der Waals surface area contributed by atoms with Crippen molar-refractivity contribution in [1.29, 1.82) is 0 Å². The molecule has 16 heavy (non-hydrogen) atoms. The van der Waals surface area contributed by atoms with E-state index in [2.05, 4.69) is 11.9 Å². The zero-order valence-electron chi connectivity index (χ0n) is 9.27. The normalized spacial score (nSPS) is 11.9. The van der Waals surface area contributed by atoms with Gasteiger partial charge in [0.15, 0.2) is 0 Å². The van der Waals surface area contributed by atoms with Gasteiger partial charge in [-0.2, -0.15) is 0 Å². The van der Waals surface area contributed by atoms with Crippen molar-refractivity contribution in [2.75, 3.05) is 11.1 Å². The van der Waals surface area contributed by atoms with Gasteiger partial charge in [-0.25, -0.2) is 0 Å². The highest BCUT2D eigenvalue weighted by Gasteiger charge is 2.09. The van der Waals surface area contributed by atoms with E-state index >= 15 is 0 Å². The monoisotopic (exact) mass is 236 g/mol. The molecule has 3 nitrogen and oxygen atoms in total. The molecule has 0 aliphatic heterocycles. The predicted octanol–water partition coefficient (Wildman–Crippen LogP) is 2.25. The van der Waals surface area contributed by atoms with E-state index in [9.17, 15) is 4.79 Å². The number of amides is 1. The number of para-hydroxylation sites is 1. The summed E-state index contributed by atoms with van der Waals surface area (Å²) in [6.07, 6.45) is 1.83.